The van der Waals surface area contributed by atoms with Gasteiger partial charge in [-0.1, -0.05) is 46.5 Å². The van der Waals surface area contributed by atoms with Gasteiger partial charge in [-0.2, -0.15) is 0 Å². The SMILES string of the molecule is CC(C)(C)C(NC(=O)C(CC1CCCC1)CN(O)C=O)c1ncc[nH]1. The van der Waals surface area contributed by atoms with Crippen molar-refractivity contribution in [2.24, 2.45) is 17.3 Å². The van der Waals surface area contributed by atoms with Crippen molar-refractivity contribution in [3.63, 3.8) is 0 Å². The van der Waals surface area contributed by atoms with E-state index in [0.29, 0.717) is 29.6 Å². The molecule has 0 saturated heterocycles. The van der Waals surface area contributed by atoms with Crippen LogP contribution in [0.1, 0.15) is 64.7 Å². The van der Waals surface area contributed by atoms with Crippen molar-refractivity contribution >= 4 is 12.3 Å². The van der Waals surface area contributed by atoms with Crippen molar-refractivity contribution in [3.05, 3.63) is 18.2 Å². The molecule has 1 aromatic rings. The summed E-state index contributed by atoms with van der Waals surface area (Å²) in [6.45, 7) is 6.13. The second-order valence-electron chi connectivity index (χ2n) is 8.09. The number of rotatable bonds is 8. The summed E-state index contributed by atoms with van der Waals surface area (Å²) in [6.07, 6.45) is 9.03. The van der Waals surface area contributed by atoms with Gasteiger partial charge in [-0.05, 0) is 17.8 Å². The normalized spacial score (nSPS) is 17.9. The third kappa shape index (κ3) is 5.56. The van der Waals surface area contributed by atoms with Crippen LogP contribution in [0.3, 0.4) is 0 Å². The second-order valence-corrected chi connectivity index (χ2v) is 8.09. The Morgan fingerprint density at radius 1 is 1.48 bits per heavy atom. The molecule has 1 aliphatic carbocycles. The molecule has 0 spiro atoms. The highest BCUT2D eigenvalue weighted by atomic mass is 16.5. The predicted molar refractivity (Wildman–Crippen MR) is 93.5 cm³/mol. The van der Waals surface area contributed by atoms with E-state index in [9.17, 15) is 14.8 Å². The van der Waals surface area contributed by atoms with Gasteiger partial charge in [0.1, 0.15) is 5.82 Å². The number of aromatic amines is 1. The summed E-state index contributed by atoms with van der Waals surface area (Å²) in [5.74, 6) is 0.603. The maximum atomic E-state index is 12.9. The lowest BCUT2D eigenvalue weighted by atomic mass is 9.85. The minimum Gasteiger partial charge on any atom is -0.347 e. The quantitative estimate of drug-likeness (QED) is 0.381. The fourth-order valence-electron chi connectivity index (χ4n) is 3.57. The Bertz CT molecular complexity index is 547. The molecule has 7 heteroatoms. The van der Waals surface area contributed by atoms with E-state index in [-0.39, 0.29) is 23.9 Å². The van der Waals surface area contributed by atoms with E-state index >= 15 is 0 Å². The predicted octanol–water partition coefficient (Wildman–Crippen LogP) is 2.66. The highest BCUT2D eigenvalue weighted by Crippen LogP contribution is 2.33. The number of imidazole rings is 1. The Morgan fingerprint density at radius 2 is 2.16 bits per heavy atom. The molecule has 0 bridgehead atoms. The zero-order valence-electron chi connectivity index (χ0n) is 15.4. The number of nitrogens with zero attached hydrogens (tertiary/aromatic N) is 2. The first-order valence-corrected chi connectivity index (χ1v) is 9.01. The zero-order valence-corrected chi connectivity index (χ0v) is 15.4. The number of hydrogen-bond acceptors (Lipinski definition) is 4. The lowest BCUT2D eigenvalue weighted by molar-refractivity contribution is -0.155. The number of hydroxylamine groups is 2. The fraction of sp³-hybridized carbons (Fsp3) is 0.722. The van der Waals surface area contributed by atoms with E-state index in [4.69, 9.17) is 0 Å². The van der Waals surface area contributed by atoms with Crippen LogP contribution in [0.15, 0.2) is 12.4 Å². The third-order valence-corrected chi connectivity index (χ3v) is 4.94. The standard InChI is InChI=1S/C18H30N4O3/c1-18(2,3)15(16-19-8-9-20-16)21-17(24)14(11-22(25)12-23)10-13-6-4-5-7-13/h8-9,12-15,25H,4-7,10-11H2,1-3H3,(H,19,20)(H,21,24). The van der Waals surface area contributed by atoms with Crippen LogP contribution < -0.4 is 5.32 Å². The summed E-state index contributed by atoms with van der Waals surface area (Å²) in [6, 6.07) is -0.274. The molecule has 0 aromatic carbocycles. The average Bonchev–Trinajstić information content (AvgIpc) is 3.23. The van der Waals surface area contributed by atoms with Gasteiger partial charge in [-0.25, -0.2) is 10.0 Å². The molecule has 0 radical (unpaired) electrons. The lowest BCUT2D eigenvalue weighted by Crippen LogP contribution is -2.43. The summed E-state index contributed by atoms with van der Waals surface area (Å²) in [4.78, 5) is 31.1. The van der Waals surface area contributed by atoms with Crippen molar-refractivity contribution in [3.8, 4) is 0 Å². The van der Waals surface area contributed by atoms with Crippen LogP contribution in [0, 0.1) is 17.3 Å². The van der Waals surface area contributed by atoms with Gasteiger partial charge in [0, 0.05) is 12.4 Å². The van der Waals surface area contributed by atoms with Gasteiger partial charge in [0.05, 0.1) is 18.5 Å². The largest absolute Gasteiger partial charge is 0.347 e. The van der Waals surface area contributed by atoms with Crippen molar-refractivity contribution in [1.82, 2.24) is 20.3 Å². The summed E-state index contributed by atoms with van der Waals surface area (Å²) in [5, 5.41) is 13.2. The highest BCUT2D eigenvalue weighted by molar-refractivity contribution is 5.79. The number of aromatic nitrogens is 2. The molecule has 1 fully saturated rings. The fourth-order valence-corrected chi connectivity index (χ4v) is 3.57. The first-order valence-electron chi connectivity index (χ1n) is 9.01. The van der Waals surface area contributed by atoms with Gasteiger partial charge in [0.15, 0.2) is 0 Å². The van der Waals surface area contributed by atoms with Crippen molar-refractivity contribution < 1.29 is 14.8 Å². The molecule has 2 unspecified atom stereocenters. The van der Waals surface area contributed by atoms with Crippen molar-refractivity contribution in [1.29, 1.82) is 0 Å². The lowest BCUT2D eigenvalue weighted by Gasteiger charge is -2.32. The zero-order chi connectivity index (χ0) is 18.4. The molecule has 1 saturated carbocycles. The molecule has 1 aliphatic rings. The minimum atomic E-state index is -0.432. The first kappa shape index (κ1) is 19.4. The summed E-state index contributed by atoms with van der Waals surface area (Å²) >= 11 is 0. The summed E-state index contributed by atoms with van der Waals surface area (Å²) in [7, 11) is 0. The molecular weight excluding hydrogens is 320 g/mol. The molecule has 1 heterocycles. The Labute approximate surface area is 149 Å². The van der Waals surface area contributed by atoms with Gasteiger partial charge in [-0.3, -0.25) is 14.8 Å². The molecule has 140 valence electrons. The van der Waals surface area contributed by atoms with Gasteiger partial charge in [0.2, 0.25) is 12.3 Å². The van der Waals surface area contributed by atoms with E-state index in [1.807, 2.05) is 20.8 Å². The van der Waals surface area contributed by atoms with Crippen LogP contribution in [0.2, 0.25) is 0 Å². The number of nitrogens with one attached hydrogen (secondary N) is 2. The molecule has 1 aromatic heterocycles. The van der Waals surface area contributed by atoms with Gasteiger partial charge < -0.3 is 10.3 Å². The van der Waals surface area contributed by atoms with E-state index in [2.05, 4.69) is 15.3 Å². The monoisotopic (exact) mass is 350 g/mol. The van der Waals surface area contributed by atoms with E-state index in [1.54, 1.807) is 12.4 Å². The molecule has 3 N–H and O–H groups in total. The van der Waals surface area contributed by atoms with E-state index in [0.717, 1.165) is 12.8 Å². The number of hydrogen-bond donors (Lipinski definition) is 3. The Morgan fingerprint density at radius 3 is 2.68 bits per heavy atom. The average molecular weight is 350 g/mol. The molecule has 2 rings (SSSR count). The van der Waals surface area contributed by atoms with E-state index in [1.165, 1.54) is 12.8 Å². The molecular formula is C18H30N4O3. The van der Waals surface area contributed by atoms with E-state index < -0.39 is 5.92 Å². The van der Waals surface area contributed by atoms with Crippen LogP contribution >= 0.6 is 0 Å². The summed E-state index contributed by atoms with van der Waals surface area (Å²) in [5.41, 5.74) is -0.227. The molecule has 2 atom stereocenters. The molecule has 7 nitrogen and oxygen atoms in total. The third-order valence-electron chi connectivity index (χ3n) is 4.94. The first-order chi connectivity index (χ1) is 11.8. The number of amides is 2. The summed E-state index contributed by atoms with van der Waals surface area (Å²) < 4.78 is 0. The van der Waals surface area contributed by atoms with Crippen molar-refractivity contribution in [2.45, 2.75) is 58.9 Å². The van der Waals surface area contributed by atoms with Crippen molar-refractivity contribution in [2.75, 3.05) is 6.54 Å². The minimum absolute atomic E-state index is 0.0147. The van der Waals surface area contributed by atoms with Crippen LogP contribution in [-0.2, 0) is 9.59 Å². The topological polar surface area (TPSA) is 98.3 Å². The maximum Gasteiger partial charge on any atom is 0.233 e. The molecule has 2 amide bonds. The van der Waals surface area contributed by atoms with Crippen LogP contribution in [0.5, 0.6) is 0 Å². The Kier molecular flexibility index (Phi) is 6.58. The molecule has 0 aliphatic heterocycles. The number of H-pyrrole nitrogens is 1. The molecule has 25 heavy (non-hydrogen) atoms. The van der Waals surface area contributed by atoms with Crippen LogP contribution in [-0.4, -0.2) is 39.1 Å². The number of carbonyl (C=O) groups excluding carboxylic acids is 2. The van der Waals surface area contributed by atoms with Gasteiger partial charge >= 0.3 is 0 Å². The maximum absolute atomic E-state index is 12.9. The second kappa shape index (κ2) is 8.47. The highest BCUT2D eigenvalue weighted by Gasteiger charge is 2.33. The number of carbonyl (C=O) groups is 2. The van der Waals surface area contributed by atoms with Gasteiger partial charge in [0.25, 0.3) is 0 Å². The van der Waals surface area contributed by atoms with Crippen LogP contribution in [0.4, 0.5) is 0 Å². The smallest absolute Gasteiger partial charge is 0.233 e. The van der Waals surface area contributed by atoms with Gasteiger partial charge in [-0.15, -0.1) is 0 Å². The Balaban J connectivity index is 2.11. The Hall–Kier alpha value is -1.89. The van der Waals surface area contributed by atoms with Crippen LogP contribution in [0.25, 0.3) is 0 Å².